The predicted octanol–water partition coefficient (Wildman–Crippen LogP) is 5.46. The lowest BCUT2D eigenvalue weighted by atomic mass is 10.1. The largest absolute Gasteiger partial charge is 0.489 e. The fourth-order valence-electron chi connectivity index (χ4n) is 2.57. The van der Waals surface area contributed by atoms with Crippen molar-refractivity contribution in [1.82, 2.24) is 0 Å². The number of rotatable bonds is 6. The molecule has 3 rings (SSSR count). The van der Waals surface area contributed by atoms with E-state index in [4.69, 9.17) is 9.47 Å². The van der Waals surface area contributed by atoms with Gasteiger partial charge in [0.1, 0.15) is 24.7 Å². The van der Waals surface area contributed by atoms with Crippen LogP contribution in [0.2, 0.25) is 0 Å². The Morgan fingerprint density at radius 2 is 1.04 bits per heavy atom. The Hall–Kier alpha value is -2.74. The van der Waals surface area contributed by atoms with E-state index in [2.05, 4.69) is 38.1 Å². The molecule has 0 aliphatic carbocycles. The van der Waals surface area contributed by atoms with E-state index in [1.807, 2.05) is 48.5 Å². The summed E-state index contributed by atoms with van der Waals surface area (Å²) in [7, 11) is 0. The second-order valence-corrected chi connectivity index (χ2v) is 5.98. The first-order valence-corrected chi connectivity index (χ1v) is 8.16. The summed E-state index contributed by atoms with van der Waals surface area (Å²) >= 11 is 0. The highest BCUT2D eigenvalue weighted by molar-refractivity contribution is 5.31. The van der Waals surface area contributed by atoms with Gasteiger partial charge in [-0.3, -0.25) is 0 Å². The molecule has 2 nitrogen and oxygen atoms in total. The van der Waals surface area contributed by atoms with Gasteiger partial charge in [0.25, 0.3) is 0 Å². The molecule has 0 spiro atoms. The van der Waals surface area contributed by atoms with Crippen LogP contribution in [-0.4, -0.2) is 0 Å². The third kappa shape index (κ3) is 4.39. The van der Waals surface area contributed by atoms with Crippen LogP contribution >= 0.6 is 0 Å². The van der Waals surface area contributed by atoms with E-state index in [-0.39, 0.29) is 0 Å². The van der Waals surface area contributed by atoms with Crippen molar-refractivity contribution in [3.8, 4) is 11.5 Å². The molecule has 0 aliphatic heterocycles. The Morgan fingerprint density at radius 1 is 0.583 bits per heavy atom. The molecule has 0 saturated heterocycles. The summed E-state index contributed by atoms with van der Waals surface area (Å²) in [5.74, 6) is 1.79. The van der Waals surface area contributed by atoms with Gasteiger partial charge in [-0.15, -0.1) is 0 Å². The molecule has 122 valence electrons. The molecule has 0 aromatic heterocycles. The molecule has 2 heteroatoms. The van der Waals surface area contributed by atoms with Crippen LogP contribution < -0.4 is 9.47 Å². The van der Waals surface area contributed by atoms with Crippen LogP contribution in [-0.2, 0) is 13.2 Å². The van der Waals surface area contributed by atoms with E-state index < -0.39 is 0 Å². The molecule has 0 saturated carbocycles. The summed E-state index contributed by atoms with van der Waals surface area (Å²) in [6.45, 7) is 5.21. The lowest BCUT2D eigenvalue weighted by Crippen LogP contribution is -2.03. The van der Waals surface area contributed by atoms with Crippen molar-refractivity contribution in [2.24, 2.45) is 0 Å². The molecular weight excluding hydrogens is 296 g/mol. The van der Waals surface area contributed by atoms with E-state index >= 15 is 0 Å². The summed E-state index contributed by atoms with van der Waals surface area (Å²) in [4.78, 5) is 0. The first-order chi connectivity index (χ1) is 11.7. The van der Waals surface area contributed by atoms with Gasteiger partial charge < -0.3 is 9.47 Å². The van der Waals surface area contributed by atoms with Crippen molar-refractivity contribution in [3.63, 3.8) is 0 Å². The lowest BCUT2D eigenvalue weighted by Gasteiger charge is -2.13. The number of benzene rings is 3. The first kappa shape index (κ1) is 16.1. The van der Waals surface area contributed by atoms with Crippen LogP contribution in [0.5, 0.6) is 11.5 Å². The fourth-order valence-corrected chi connectivity index (χ4v) is 2.57. The van der Waals surface area contributed by atoms with Crippen LogP contribution in [0.4, 0.5) is 0 Å². The van der Waals surface area contributed by atoms with Gasteiger partial charge in [-0.05, 0) is 60.4 Å². The minimum atomic E-state index is 0.538. The quantitative estimate of drug-likeness (QED) is 0.600. The molecule has 0 amide bonds. The highest BCUT2D eigenvalue weighted by Gasteiger charge is 2.04. The zero-order chi connectivity index (χ0) is 16.8. The summed E-state index contributed by atoms with van der Waals surface area (Å²) < 4.78 is 11.9. The number of hydrogen-bond donors (Lipinski definition) is 0. The number of aryl methyl sites for hydroxylation is 2. The second kappa shape index (κ2) is 7.69. The summed E-state index contributed by atoms with van der Waals surface area (Å²) in [6.07, 6.45) is 0. The third-order valence-electron chi connectivity index (χ3n) is 3.89. The van der Waals surface area contributed by atoms with Crippen molar-refractivity contribution in [3.05, 3.63) is 95.1 Å². The monoisotopic (exact) mass is 318 g/mol. The summed E-state index contributed by atoms with van der Waals surface area (Å²) in [5.41, 5.74) is 4.69. The maximum absolute atomic E-state index is 5.93. The molecule has 0 unspecified atom stereocenters. The molecule has 0 heterocycles. The van der Waals surface area contributed by atoms with Gasteiger partial charge in [0, 0.05) is 0 Å². The average Bonchev–Trinajstić information content (AvgIpc) is 2.59. The first-order valence-electron chi connectivity index (χ1n) is 8.16. The highest BCUT2D eigenvalue weighted by Crippen LogP contribution is 2.19. The Balaban J connectivity index is 1.66. The Kier molecular flexibility index (Phi) is 5.17. The van der Waals surface area contributed by atoms with Gasteiger partial charge in [-0.2, -0.15) is 0 Å². The predicted molar refractivity (Wildman–Crippen MR) is 97.5 cm³/mol. The van der Waals surface area contributed by atoms with Crippen LogP contribution in [0, 0.1) is 13.8 Å². The lowest BCUT2D eigenvalue weighted by molar-refractivity contribution is 0.285. The van der Waals surface area contributed by atoms with Gasteiger partial charge >= 0.3 is 0 Å². The topological polar surface area (TPSA) is 18.5 Å². The average molecular weight is 318 g/mol. The van der Waals surface area contributed by atoms with E-state index in [1.54, 1.807) is 0 Å². The molecular formula is C22H22O2. The summed E-state index contributed by atoms with van der Waals surface area (Å²) in [5, 5.41) is 0. The van der Waals surface area contributed by atoms with Gasteiger partial charge in [0.2, 0.25) is 0 Å². The number of ether oxygens (including phenoxy) is 2. The van der Waals surface area contributed by atoms with Crippen molar-refractivity contribution in [2.45, 2.75) is 27.1 Å². The maximum atomic E-state index is 5.93. The van der Waals surface area contributed by atoms with Gasteiger partial charge in [0.15, 0.2) is 0 Å². The Labute approximate surface area is 143 Å². The fraction of sp³-hybridized carbons (Fsp3) is 0.182. The van der Waals surface area contributed by atoms with Gasteiger partial charge in [-0.1, -0.05) is 48.5 Å². The molecule has 0 N–H and O–H groups in total. The molecule has 24 heavy (non-hydrogen) atoms. The smallest absolute Gasteiger partial charge is 0.120 e. The standard InChI is InChI=1S/C22H22O2/c1-17-7-5-11-21(13-17)23-15-19-9-3-4-10-20(19)16-24-22-12-6-8-18(2)14-22/h3-14H,15-16H2,1-2H3. The second-order valence-electron chi connectivity index (χ2n) is 5.98. The Bertz CT molecular complexity index is 740. The van der Waals surface area contributed by atoms with Crippen LogP contribution in [0.25, 0.3) is 0 Å². The van der Waals surface area contributed by atoms with Crippen molar-refractivity contribution in [1.29, 1.82) is 0 Å². The van der Waals surface area contributed by atoms with Crippen LogP contribution in [0.1, 0.15) is 22.3 Å². The van der Waals surface area contributed by atoms with Crippen molar-refractivity contribution in [2.75, 3.05) is 0 Å². The van der Waals surface area contributed by atoms with Crippen LogP contribution in [0.3, 0.4) is 0 Å². The van der Waals surface area contributed by atoms with Gasteiger partial charge in [-0.25, -0.2) is 0 Å². The maximum Gasteiger partial charge on any atom is 0.120 e. The normalized spacial score (nSPS) is 10.4. The van der Waals surface area contributed by atoms with E-state index in [9.17, 15) is 0 Å². The van der Waals surface area contributed by atoms with Crippen LogP contribution in [0.15, 0.2) is 72.8 Å². The zero-order valence-electron chi connectivity index (χ0n) is 14.2. The highest BCUT2D eigenvalue weighted by atomic mass is 16.5. The minimum absolute atomic E-state index is 0.538. The molecule has 0 bridgehead atoms. The van der Waals surface area contributed by atoms with Crippen molar-refractivity contribution >= 4 is 0 Å². The van der Waals surface area contributed by atoms with E-state index in [0.717, 1.165) is 22.6 Å². The third-order valence-corrected chi connectivity index (χ3v) is 3.89. The molecule has 0 fully saturated rings. The molecule has 0 aliphatic rings. The van der Waals surface area contributed by atoms with E-state index in [1.165, 1.54) is 11.1 Å². The Morgan fingerprint density at radius 3 is 1.46 bits per heavy atom. The minimum Gasteiger partial charge on any atom is -0.489 e. The molecule has 3 aromatic carbocycles. The molecule has 0 radical (unpaired) electrons. The number of hydrogen-bond acceptors (Lipinski definition) is 2. The zero-order valence-corrected chi connectivity index (χ0v) is 14.2. The van der Waals surface area contributed by atoms with Gasteiger partial charge in [0.05, 0.1) is 0 Å². The molecule has 3 aromatic rings. The molecule has 0 atom stereocenters. The SMILES string of the molecule is Cc1cccc(OCc2ccccc2COc2cccc(C)c2)c1. The van der Waals surface area contributed by atoms with E-state index in [0.29, 0.717) is 13.2 Å². The van der Waals surface area contributed by atoms with Crippen molar-refractivity contribution < 1.29 is 9.47 Å². The summed E-state index contributed by atoms with van der Waals surface area (Å²) in [6, 6.07) is 24.5.